The van der Waals surface area contributed by atoms with E-state index in [0.29, 0.717) is 13.2 Å². The molecular weight excluding hydrogens is 451 g/mol. The van der Waals surface area contributed by atoms with Crippen LogP contribution in [0.25, 0.3) is 0 Å². The van der Waals surface area contributed by atoms with E-state index in [9.17, 15) is 0 Å². The molecule has 2 rings (SSSR count). The Labute approximate surface area is 182 Å². The lowest BCUT2D eigenvalue weighted by Crippen LogP contribution is -2.43. The fourth-order valence-electron chi connectivity index (χ4n) is 3.32. The summed E-state index contributed by atoms with van der Waals surface area (Å²) in [5.74, 6) is 1.72. The fraction of sp³-hybridized carbons (Fsp3) is 0.667. The lowest BCUT2D eigenvalue weighted by molar-refractivity contribution is 0.179. The van der Waals surface area contributed by atoms with Crippen molar-refractivity contribution in [3.63, 3.8) is 0 Å². The number of aliphatic imine (C=N–C) groups is 1. The molecule has 0 aromatic heterocycles. The van der Waals surface area contributed by atoms with Gasteiger partial charge in [0.05, 0.1) is 13.2 Å². The molecule has 0 bridgehead atoms. The van der Waals surface area contributed by atoms with Crippen molar-refractivity contribution in [3.05, 3.63) is 35.4 Å². The number of hydrogen-bond donors (Lipinski definition) is 2. The van der Waals surface area contributed by atoms with E-state index in [2.05, 4.69) is 60.6 Å². The molecule has 2 N–H and O–H groups in total. The van der Waals surface area contributed by atoms with Gasteiger partial charge in [-0.3, -0.25) is 4.90 Å². The molecule has 154 valence electrons. The van der Waals surface area contributed by atoms with Gasteiger partial charge in [-0.05, 0) is 56.8 Å². The highest BCUT2D eigenvalue weighted by Crippen LogP contribution is 2.18. The number of nitrogens with one attached hydrogen (secondary N) is 2. The van der Waals surface area contributed by atoms with Crippen molar-refractivity contribution in [2.24, 2.45) is 10.9 Å². The first-order valence-corrected chi connectivity index (χ1v) is 9.94. The molecule has 5 nitrogen and oxygen atoms in total. The average molecular weight is 488 g/mol. The number of nitrogens with zero attached hydrogens (tertiary/aromatic N) is 2. The van der Waals surface area contributed by atoms with Crippen LogP contribution in [0.4, 0.5) is 0 Å². The van der Waals surface area contributed by atoms with E-state index in [-0.39, 0.29) is 30.0 Å². The number of piperidine rings is 1. The second-order valence-corrected chi connectivity index (χ2v) is 7.47. The summed E-state index contributed by atoms with van der Waals surface area (Å²) in [5, 5.41) is 6.68. The maximum absolute atomic E-state index is 5.19. The van der Waals surface area contributed by atoms with Crippen LogP contribution in [-0.4, -0.2) is 50.3 Å². The van der Waals surface area contributed by atoms with Gasteiger partial charge in [-0.2, -0.15) is 0 Å². The van der Waals surface area contributed by atoms with Gasteiger partial charge in [0.25, 0.3) is 0 Å². The largest absolute Gasteiger partial charge is 0.383 e. The van der Waals surface area contributed by atoms with Gasteiger partial charge >= 0.3 is 0 Å². The number of halogens is 1. The smallest absolute Gasteiger partial charge is 0.191 e. The summed E-state index contributed by atoms with van der Waals surface area (Å²) in [6, 6.07) is 9.07. The Morgan fingerprint density at radius 1 is 1.30 bits per heavy atom. The summed E-state index contributed by atoms with van der Waals surface area (Å²) < 4.78 is 5.19. The summed E-state index contributed by atoms with van der Waals surface area (Å²) in [6.45, 7) is 12.2. The Morgan fingerprint density at radius 3 is 2.67 bits per heavy atom. The van der Waals surface area contributed by atoms with Crippen molar-refractivity contribution >= 4 is 29.9 Å². The predicted octanol–water partition coefficient (Wildman–Crippen LogP) is 3.63. The molecule has 0 spiro atoms. The van der Waals surface area contributed by atoms with Crippen molar-refractivity contribution < 1.29 is 4.74 Å². The van der Waals surface area contributed by atoms with Crippen LogP contribution in [0.2, 0.25) is 0 Å². The molecule has 0 aliphatic carbocycles. The third-order valence-electron chi connectivity index (χ3n) is 4.84. The van der Waals surface area contributed by atoms with E-state index in [4.69, 9.17) is 9.73 Å². The second kappa shape index (κ2) is 13.3. The SMILES string of the molecule is CCNC(=NCc1cccc(CN2CCC(C)CC2)c1)NC(C)COC.I. The molecule has 0 amide bonds. The van der Waals surface area contributed by atoms with Crippen LogP contribution in [0.15, 0.2) is 29.3 Å². The van der Waals surface area contributed by atoms with Crippen LogP contribution in [-0.2, 0) is 17.8 Å². The van der Waals surface area contributed by atoms with E-state index in [1.165, 1.54) is 37.1 Å². The molecule has 0 radical (unpaired) electrons. The quantitative estimate of drug-likeness (QED) is 0.334. The summed E-state index contributed by atoms with van der Waals surface area (Å²) in [4.78, 5) is 7.30. The van der Waals surface area contributed by atoms with Gasteiger partial charge in [0.1, 0.15) is 0 Å². The Kier molecular flexibility index (Phi) is 11.9. The molecule has 1 unspecified atom stereocenters. The van der Waals surface area contributed by atoms with Gasteiger partial charge < -0.3 is 15.4 Å². The molecule has 0 saturated carbocycles. The van der Waals surface area contributed by atoms with Gasteiger partial charge in [-0.25, -0.2) is 4.99 Å². The average Bonchev–Trinajstić information content (AvgIpc) is 2.62. The van der Waals surface area contributed by atoms with Crippen LogP contribution >= 0.6 is 24.0 Å². The second-order valence-electron chi connectivity index (χ2n) is 7.47. The lowest BCUT2D eigenvalue weighted by Gasteiger charge is -2.30. The number of methoxy groups -OCH3 is 1. The minimum absolute atomic E-state index is 0. The van der Waals surface area contributed by atoms with Gasteiger partial charge in [0, 0.05) is 26.2 Å². The first-order chi connectivity index (χ1) is 12.6. The van der Waals surface area contributed by atoms with Crippen molar-refractivity contribution in [2.75, 3.05) is 33.4 Å². The zero-order valence-electron chi connectivity index (χ0n) is 17.3. The molecule has 1 aromatic carbocycles. The zero-order chi connectivity index (χ0) is 18.8. The minimum atomic E-state index is 0. The number of hydrogen-bond acceptors (Lipinski definition) is 3. The Hall–Kier alpha value is -0.860. The molecule has 1 saturated heterocycles. The number of likely N-dealkylation sites (tertiary alicyclic amines) is 1. The number of rotatable bonds is 8. The highest BCUT2D eigenvalue weighted by atomic mass is 127. The standard InChI is InChI=1S/C21H36N4O.HI/c1-5-22-21(24-18(3)16-26-4)23-14-19-7-6-8-20(13-19)15-25-11-9-17(2)10-12-25;/h6-8,13,17-18H,5,9-12,14-16H2,1-4H3,(H2,22,23,24);1H. The molecule has 6 heteroatoms. The number of ether oxygens (including phenoxy) is 1. The zero-order valence-corrected chi connectivity index (χ0v) is 19.7. The van der Waals surface area contributed by atoms with Gasteiger partial charge in [0.2, 0.25) is 0 Å². The highest BCUT2D eigenvalue weighted by molar-refractivity contribution is 14.0. The van der Waals surface area contributed by atoms with Gasteiger partial charge in [-0.1, -0.05) is 31.2 Å². The normalized spacial score (nSPS) is 17.3. The van der Waals surface area contributed by atoms with E-state index < -0.39 is 0 Å². The first-order valence-electron chi connectivity index (χ1n) is 9.94. The number of guanidine groups is 1. The minimum Gasteiger partial charge on any atom is -0.383 e. The van der Waals surface area contributed by atoms with Crippen LogP contribution in [0.1, 0.15) is 44.7 Å². The Morgan fingerprint density at radius 2 is 2.00 bits per heavy atom. The van der Waals surface area contributed by atoms with Crippen LogP contribution < -0.4 is 10.6 Å². The van der Waals surface area contributed by atoms with Gasteiger partial charge in [-0.15, -0.1) is 24.0 Å². The molecule has 1 aliphatic heterocycles. The maximum Gasteiger partial charge on any atom is 0.191 e. The van der Waals surface area contributed by atoms with Crippen LogP contribution in [0, 0.1) is 5.92 Å². The third-order valence-corrected chi connectivity index (χ3v) is 4.84. The first kappa shape index (κ1) is 24.2. The molecule has 1 fully saturated rings. The third kappa shape index (κ3) is 9.25. The van der Waals surface area contributed by atoms with E-state index in [0.717, 1.165) is 25.0 Å². The van der Waals surface area contributed by atoms with E-state index >= 15 is 0 Å². The van der Waals surface area contributed by atoms with Gasteiger partial charge in [0.15, 0.2) is 5.96 Å². The number of benzene rings is 1. The fourth-order valence-corrected chi connectivity index (χ4v) is 3.32. The maximum atomic E-state index is 5.19. The predicted molar refractivity (Wildman–Crippen MR) is 125 cm³/mol. The summed E-state index contributed by atoms with van der Waals surface area (Å²) in [7, 11) is 1.72. The summed E-state index contributed by atoms with van der Waals surface area (Å²) in [5.41, 5.74) is 2.64. The molecule has 1 atom stereocenters. The van der Waals surface area contributed by atoms with E-state index in [1.807, 2.05) is 0 Å². The van der Waals surface area contributed by atoms with E-state index in [1.54, 1.807) is 7.11 Å². The van der Waals surface area contributed by atoms with Crippen molar-refractivity contribution in [1.29, 1.82) is 0 Å². The van der Waals surface area contributed by atoms with Crippen molar-refractivity contribution in [2.45, 2.75) is 52.7 Å². The molecule has 1 heterocycles. The van der Waals surface area contributed by atoms with Crippen LogP contribution in [0.5, 0.6) is 0 Å². The topological polar surface area (TPSA) is 48.9 Å². The monoisotopic (exact) mass is 488 g/mol. The summed E-state index contributed by atoms with van der Waals surface area (Å²) >= 11 is 0. The molecule has 1 aromatic rings. The summed E-state index contributed by atoms with van der Waals surface area (Å²) in [6.07, 6.45) is 2.64. The molecule has 1 aliphatic rings. The van der Waals surface area contributed by atoms with Crippen molar-refractivity contribution in [1.82, 2.24) is 15.5 Å². The molecular formula is C21H37IN4O. The van der Waals surface area contributed by atoms with Crippen molar-refractivity contribution in [3.8, 4) is 0 Å². The highest BCUT2D eigenvalue weighted by Gasteiger charge is 2.15. The van der Waals surface area contributed by atoms with Crippen LogP contribution in [0.3, 0.4) is 0 Å². The Balaban J connectivity index is 0.00000364. The molecule has 27 heavy (non-hydrogen) atoms. The Bertz CT molecular complexity index is 559. The lowest BCUT2D eigenvalue weighted by atomic mass is 9.98.